The van der Waals surface area contributed by atoms with Crippen LogP contribution in [0.2, 0.25) is 5.02 Å². The summed E-state index contributed by atoms with van der Waals surface area (Å²) in [5.74, 6) is 0.0638. The standard InChI is InChI=1S/C15H18ClN3OS/c1-2-15(5-7-17-8-6-15)14(20)19-12-10(16)3-4-11-13(12)18-9-21-11/h3-4,9,17H,2,5-8H2,1H3,(H,19,20). The lowest BCUT2D eigenvalue weighted by molar-refractivity contribution is -0.127. The van der Waals surface area contributed by atoms with Crippen LogP contribution >= 0.6 is 22.9 Å². The van der Waals surface area contributed by atoms with Crippen molar-refractivity contribution in [2.45, 2.75) is 26.2 Å². The molecule has 0 aliphatic carbocycles. The smallest absolute Gasteiger partial charge is 0.230 e. The molecular weight excluding hydrogens is 306 g/mol. The summed E-state index contributed by atoms with van der Waals surface area (Å²) in [4.78, 5) is 17.1. The zero-order chi connectivity index (χ0) is 14.9. The average Bonchev–Trinajstić information content (AvgIpc) is 2.99. The Hall–Kier alpha value is -1.17. The number of hydrogen-bond acceptors (Lipinski definition) is 4. The Labute approximate surface area is 132 Å². The zero-order valence-electron chi connectivity index (χ0n) is 11.9. The van der Waals surface area contributed by atoms with E-state index in [1.54, 1.807) is 16.8 Å². The van der Waals surface area contributed by atoms with Crippen LogP contribution < -0.4 is 10.6 Å². The van der Waals surface area contributed by atoms with Crippen LogP contribution in [0.4, 0.5) is 5.69 Å². The van der Waals surface area contributed by atoms with E-state index in [1.807, 2.05) is 12.1 Å². The van der Waals surface area contributed by atoms with Crippen molar-refractivity contribution in [3.63, 3.8) is 0 Å². The minimum atomic E-state index is -0.299. The molecule has 0 atom stereocenters. The Bertz CT molecular complexity index is 664. The van der Waals surface area contributed by atoms with Crippen LogP contribution in [0.5, 0.6) is 0 Å². The highest BCUT2D eigenvalue weighted by molar-refractivity contribution is 7.16. The summed E-state index contributed by atoms with van der Waals surface area (Å²) < 4.78 is 1.03. The number of hydrogen-bond donors (Lipinski definition) is 2. The van der Waals surface area contributed by atoms with Gasteiger partial charge >= 0.3 is 0 Å². The van der Waals surface area contributed by atoms with Gasteiger partial charge in [-0.05, 0) is 44.5 Å². The maximum Gasteiger partial charge on any atom is 0.230 e. The van der Waals surface area contributed by atoms with Crippen LogP contribution in [0.3, 0.4) is 0 Å². The fraction of sp³-hybridized carbons (Fsp3) is 0.467. The molecule has 2 aromatic rings. The van der Waals surface area contributed by atoms with Gasteiger partial charge in [-0.1, -0.05) is 18.5 Å². The predicted octanol–water partition coefficient (Wildman–Crippen LogP) is 3.67. The molecule has 1 saturated heterocycles. The molecule has 21 heavy (non-hydrogen) atoms. The van der Waals surface area contributed by atoms with Gasteiger partial charge in [0.15, 0.2) is 0 Å². The van der Waals surface area contributed by atoms with Gasteiger partial charge in [0.2, 0.25) is 5.91 Å². The van der Waals surface area contributed by atoms with Crippen LogP contribution in [-0.4, -0.2) is 24.0 Å². The molecule has 0 saturated carbocycles. The molecule has 1 aromatic carbocycles. The molecule has 1 aliphatic heterocycles. The summed E-state index contributed by atoms with van der Waals surface area (Å²) in [6, 6.07) is 3.75. The summed E-state index contributed by atoms with van der Waals surface area (Å²) in [5.41, 5.74) is 2.90. The maximum absolute atomic E-state index is 12.8. The molecule has 1 fully saturated rings. The van der Waals surface area contributed by atoms with E-state index in [0.717, 1.165) is 42.6 Å². The summed E-state index contributed by atoms with van der Waals surface area (Å²) >= 11 is 7.82. The third kappa shape index (κ3) is 2.65. The van der Waals surface area contributed by atoms with E-state index in [0.29, 0.717) is 10.7 Å². The van der Waals surface area contributed by atoms with Gasteiger partial charge in [-0.25, -0.2) is 4.98 Å². The summed E-state index contributed by atoms with van der Waals surface area (Å²) in [6.07, 6.45) is 2.56. The van der Waals surface area contributed by atoms with Crippen LogP contribution in [0.25, 0.3) is 10.2 Å². The van der Waals surface area contributed by atoms with Gasteiger partial charge in [-0.2, -0.15) is 0 Å². The number of anilines is 1. The molecule has 112 valence electrons. The number of fused-ring (bicyclic) bond motifs is 1. The second kappa shape index (κ2) is 5.91. The third-order valence-corrected chi connectivity index (χ3v) is 5.52. The lowest BCUT2D eigenvalue weighted by Crippen LogP contribution is -2.44. The van der Waals surface area contributed by atoms with E-state index in [2.05, 4.69) is 22.5 Å². The molecule has 2 N–H and O–H groups in total. The van der Waals surface area contributed by atoms with Crippen LogP contribution in [0.15, 0.2) is 17.6 Å². The number of carbonyl (C=O) groups is 1. The quantitative estimate of drug-likeness (QED) is 0.906. The molecular formula is C15H18ClN3OS. The molecule has 3 rings (SSSR count). The van der Waals surface area contributed by atoms with Gasteiger partial charge in [0.1, 0.15) is 5.52 Å². The van der Waals surface area contributed by atoms with Crippen molar-refractivity contribution in [1.82, 2.24) is 10.3 Å². The predicted molar refractivity (Wildman–Crippen MR) is 88.1 cm³/mol. The van der Waals surface area contributed by atoms with Crippen LogP contribution in [-0.2, 0) is 4.79 Å². The molecule has 4 nitrogen and oxygen atoms in total. The van der Waals surface area contributed by atoms with Crippen molar-refractivity contribution < 1.29 is 4.79 Å². The molecule has 0 radical (unpaired) electrons. The van der Waals surface area contributed by atoms with E-state index in [1.165, 1.54) is 0 Å². The number of halogens is 1. The number of benzene rings is 1. The van der Waals surface area contributed by atoms with Crippen molar-refractivity contribution >= 4 is 44.7 Å². The summed E-state index contributed by atoms with van der Waals surface area (Å²) in [6.45, 7) is 3.85. The van der Waals surface area contributed by atoms with E-state index in [9.17, 15) is 4.79 Å². The number of carbonyl (C=O) groups excluding carboxylic acids is 1. The highest BCUT2D eigenvalue weighted by Gasteiger charge is 2.38. The van der Waals surface area contributed by atoms with Crippen LogP contribution in [0, 0.1) is 5.41 Å². The van der Waals surface area contributed by atoms with Crippen molar-refractivity contribution in [3.8, 4) is 0 Å². The number of nitrogens with one attached hydrogen (secondary N) is 2. The molecule has 1 aromatic heterocycles. The number of aromatic nitrogens is 1. The normalized spacial score (nSPS) is 17.8. The van der Waals surface area contributed by atoms with Gasteiger partial charge in [0.05, 0.1) is 26.3 Å². The van der Waals surface area contributed by atoms with E-state index in [-0.39, 0.29) is 11.3 Å². The zero-order valence-corrected chi connectivity index (χ0v) is 13.5. The van der Waals surface area contributed by atoms with Gasteiger partial charge in [0, 0.05) is 0 Å². The Kier molecular flexibility index (Phi) is 4.15. The highest BCUT2D eigenvalue weighted by atomic mass is 35.5. The number of rotatable bonds is 3. The summed E-state index contributed by atoms with van der Waals surface area (Å²) in [5, 5.41) is 6.90. The minimum absolute atomic E-state index is 0.0638. The van der Waals surface area contributed by atoms with Crippen molar-refractivity contribution in [1.29, 1.82) is 0 Å². The average molecular weight is 324 g/mol. The lowest BCUT2D eigenvalue weighted by Gasteiger charge is -2.35. The topological polar surface area (TPSA) is 54.0 Å². The van der Waals surface area contributed by atoms with Crippen molar-refractivity contribution in [3.05, 3.63) is 22.7 Å². The fourth-order valence-electron chi connectivity index (χ4n) is 2.92. The number of piperidine rings is 1. The third-order valence-electron chi connectivity index (χ3n) is 4.41. The van der Waals surface area contributed by atoms with Gasteiger partial charge < -0.3 is 10.6 Å². The van der Waals surface area contributed by atoms with E-state index < -0.39 is 0 Å². The molecule has 2 heterocycles. The Balaban J connectivity index is 1.92. The van der Waals surface area contributed by atoms with Crippen molar-refractivity contribution in [2.75, 3.05) is 18.4 Å². The van der Waals surface area contributed by atoms with Gasteiger partial charge in [0.25, 0.3) is 0 Å². The van der Waals surface area contributed by atoms with Crippen molar-refractivity contribution in [2.24, 2.45) is 5.41 Å². The second-order valence-corrected chi connectivity index (χ2v) is 6.75. The monoisotopic (exact) mass is 323 g/mol. The first-order chi connectivity index (χ1) is 10.2. The largest absolute Gasteiger partial charge is 0.322 e. The van der Waals surface area contributed by atoms with E-state index in [4.69, 9.17) is 11.6 Å². The Morgan fingerprint density at radius 2 is 2.24 bits per heavy atom. The highest BCUT2D eigenvalue weighted by Crippen LogP contribution is 2.37. The lowest BCUT2D eigenvalue weighted by atomic mass is 9.76. The molecule has 1 aliphatic rings. The fourth-order valence-corrected chi connectivity index (χ4v) is 3.80. The summed E-state index contributed by atoms with van der Waals surface area (Å²) in [7, 11) is 0. The molecule has 0 bridgehead atoms. The molecule has 0 spiro atoms. The van der Waals surface area contributed by atoms with Gasteiger partial charge in [-0.3, -0.25) is 4.79 Å². The maximum atomic E-state index is 12.8. The number of thiazole rings is 1. The minimum Gasteiger partial charge on any atom is -0.322 e. The SMILES string of the molecule is CCC1(C(=O)Nc2c(Cl)ccc3scnc23)CCNCC1. The Morgan fingerprint density at radius 3 is 2.95 bits per heavy atom. The van der Waals surface area contributed by atoms with Crippen LogP contribution in [0.1, 0.15) is 26.2 Å². The van der Waals surface area contributed by atoms with Gasteiger partial charge in [-0.15, -0.1) is 11.3 Å². The first-order valence-corrected chi connectivity index (χ1v) is 8.46. The number of amides is 1. The first kappa shape index (κ1) is 14.8. The molecule has 6 heteroatoms. The second-order valence-electron chi connectivity index (χ2n) is 5.46. The Morgan fingerprint density at radius 1 is 1.48 bits per heavy atom. The van der Waals surface area contributed by atoms with E-state index >= 15 is 0 Å². The molecule has 0 unspecified atom stereocenters. The first-order valence-electron chi connectivity index (χ1n) is 7.20. The molecule has 1 amide bonds. The number of nitrogens with zero attached hydrogens (tertiary/aromatic N) is 1.